The van der Waals surface area contributed by atoms with Gasteiger partial charge in [0.15, 0.2) is 0 Å². The number of thiophene rings is 1. The first-order chi connectivity index (χ1) is 12.8. The molecule has 2 aromatic carbocycles. The maximum absolute atomic E-state index is 6.01. The maximum Gasteiger partial charge on any atom is 0.216 e. The molecule has 6 heteroatoms. The first-order valence-electron chi connectivity index (χ1n) is 8.34. The molecule has 0 spiro atoms. The van der Waals surface area contributed by atoms with Crippen molar-refractivity contribution >= 4 is 64.6 Å². The van der Waals surface area contributed by atoms with E-state index in [-0.39, 0.29) is 12.1 Å². The van der Waals surface area contributed by atoms with E-state index in [0.29, 0.717) is 6.61 Å². The van der Waals surface area contributed by atoms with Crippen LogP contribution < -0.4 is 4.74 Å². The van der Waals surface area contributed by atoms with E-state index in [1.807, 2.05) is 42.5 Å². The monoisotopic (exact) mass is 591 g/mol. The highest BCUT2D eigenvalue weighted by Crippen LogP contribution is 2.30. The van der Waals surface area contributed by atoms with Gasteiger partial charge in [0.05, 0.1) is 12.6 Å². The van der Waals surface area contributed by atoms with E-state index in [0.717, 1.165) is 23.6 Å². The molecule has 0 N–H and O–H groups in total. The Morgan fingerprint density at radius 1 is 1.08 bits per heavy atom. The van der Waals surface area contributed by atoms with Gasteiger partial charge < -0.3 is 9.47 Å². The summed E-state index contributed by atoms with van der Waals surface area (Å²) in [6.45, 7) is 2.71. The molecule has 1 aliphatic heterocycles. The van der Waals surface area contributed by atoms with E-state index >= 15 is 0 Å². The van der Waals surface area contributed by atoms with Crippen LogP contribution in [0.1, 0.15) is 18.9 Å². The molecular weight excluding hydrogens is 572 g/mol. The summed E-state index contributed by atoms with van der Waals surface area (Å²) >= 11 is 5.98. The topological polar surface area (TPSA) is 30.8 Å². The van der Waals surface area contributed by atoms with Crippen molar-refractivity contribution in [2.75, 3.05) is 6.61 Å². The molecule has 2 atom stereocenters. The summed E-state index contributed by atoms with van der Waals surface area (Å²) < 4.78 is 13.2. The molecule has 4 rings (SSSR count). The van der Waals surface area contributed by atoms with Crippen molar-refractivity contribution < 1.29 is 9.47 Å². The van der Waals surface area contributed by atoms with Gasteiger partial charge in [-0.3, -0.25) is 0 Å². The second kappa shape index (κ2) is 9.89. The molecule has 0 saturated carbocycles. The van der Waals surface area contributed by atoms with Gasteiger partial charge in [-0.05, 0) is 42.6 Å². The van der Waals surface area contributed by atoms with E-state index in [1.165, 1.54) is 10.1 Å². The van der Waals surface area contributed by atoms with Crippen molar-refractivity contribution in [3.8, 4) is 5.75 Å². The molecule has 0 saturated heterocycles. The molecule has 1 aliphatic rings. The van der Waals surface area contributed by atoms with E-state index in [1.54, 1.807) is 11.3 Å². The lowest BCUT2D eigenvalue weighted by atomic mass is 10.1. The first kappa shape index (κ1) is 19.9. The maximum atomic E-state index is 6.01. The number of halogens is 2. The lowest BCUT2D eigenvalue weighted by molar-refractivity contribution is 0.193. The molecule has 1 aromatic heterocycles. The molecule has 0 radical (unpaired) electrons. The zero-order valence-electron chi connectivity index (χ0n) is 14.3. The fourth-order valence-electron chi connectivity index (χ4n) is 2.94. The quantitative estimate of drug-likeness (QED) is 0.311. The van der Waals surface area contributed by atoms with Gasteiger partial charge in [-0.1, -0.05) is 24.3 Å². The molecule has 136 valence electrons. The van der Waals surface area contributed by atoms with Gasteiger partial charge in [0.25, 0.3) is 0 Å². The van der Waals surface area contributed by atoms with Crippen LogP contribution in [0.4, 0.5) is 0 Å². The summed E-state index contributed by atoms with van der Waals surface area (Å²) in [6, 6.07) is 18.5. The lowest BCUT2D eigenvalue weighted by Gasteiger charge is -2.13. The van der Waals surface area contributed by atoms with Gasteiger partial charge in [-0.2, -0.15) is 0 Å². The van der Waals surface area contributed by atoms with Crippen molar-refractivity contribution in [2.45, 2.75) is 25.5 Å². The highest BCUT2D eigenvalue weighted by Gasteiger charge is 2.27. The number of hydrogen-bond donors (Lipinski definition) is 0. The van der Waals surface area contributed by atoms with Crippen LogP contribution in [0.25, 0.3) is 10.1 Å². The Bertz CT molecular complexity index is 866. The van der Waals surface area contributed by atoms with Crippen LogP contribution in [0.2, 0.25) is 0 Å². The van der Waals surface area contributed by atoms with Gasteiger partial charge in [-0.15, -0.1) is 11.3 Å². The Hall–Kier alpha value is -0.870. The SMILES string of the molecule is CC1OC(c2ccccc2)=NC1CCOc1cccc2sccc12.II. The highest BCUT2D eigenvalue weighted by atomic mass is 128. The number of ether oxygens (including phenoxy) is 2. The highest BCUT2D eigenvalue weighted by molar-refractivity contribution is 15.0. The second-order valence-corrected chi connectivity index (χ2v) is 6.86. The van der Waals surface area contributed by atoms with Crippen LogP contribution in [0.5, 0.6) is 5.75 Å². The van der Waals surface area contributed by atoms with E-state index in [9.17, 15) is 0 Å². The van der Waals surface area contributed by atoms with Crippen molar-refractivity contribution in [3.05, 3.63) is 65.5 Å². The second-order valence-electron chi connectivity index (χ2n) is 5.92. The molecular formula is C20H19I2NO2S. The average Bonchev–Trinajstić information content (AvgIpc) is 3.32. The van der Waals surface area contributed by atoms with Crippen LogP contribution in [-0.2, 0) is 4.74 Å². The standard InChI is InChI=1S/C20H19NO2S.I2/c1-14-17(21-20(23-14)15-6-3-2-4-7-15)10-12-22-18-8-5-9-19-16(18)11-13-24-19;1-2/h2-9,11,13-14,17H,10,12H2,1H3;. The summed E-state index contributed by atoms with van der Waals surface area (Å²) in [5.41, 5.74) is 1.04. The summed E-state index contributed by atoms with van der Waals surface area (Å²) in [4.78, 5) is 4.74. The van der Waals surface area contributed by atoms with Crippen molar-refractivity contribution in [2.24, 2.45) is 4.99 Å². The third kappa shape index (κ3) is 4.69. The number of nitrogens with zero attached hydrogens (tertiary/aromatic N) is 1. The van der Waals surface area contributed by atoms with E-state index in [2.05, 4.69) is 61.7 Å². The molecule has 2 heterocycles. The first-order valence-corrected chi connectivity index (χ1v) is 15.5. The number of rotatable bonds is 5. The summed E-state index contributed by atoms with van der Waals surface area (Å²) in [5, 5.41) is 3.28. The zero-order chi connectivity index (χ0) is 18.4. The fourth-order valence-corrected chi connectivity index (χ4v) is 3.75. The van der Waals surface area contributed by atoms with Crippen molar-refractivity contribution in [1.29, 1.82) is 0 Å². The van der Waals surface area contributed by atoms with E-state index < -0.39 is 0 Å². The van der Waals surface area contributed by atoms with Crippen LogP contribution >= 0.6 is 48.6 Å². The molecule has 2 unspecified atom stereocenters. The minimum atomic E-state index is 0.0840. The third-order valence-corrected chi connectivity index (χ3v) is 5.15. The minimum absolute atomic E-state index is 0.0840. The predicted molar refractivity (Wildman–Crippen MR) is 127 cm³/mol. The molecule has 0 amide bonds. The van der Waals surface area contributed by atoms with Gasteiger partial charge in [0, 0.05) is 59.3 Å². The minimum Gasteiger partial charge on any atom is -0.493 e. The number of hydrogen-bond acceptors (Lipinski definition) is 4. The number of aliphatic imine (C=N–C) groups is 1. The summed E-state index contributed by atoms with van der Waals surface area (Å²) in [6.07, 6.45) is 0.929. The number of fused-ring (bicyclic) bond motifs is 1. The summed E-state index contributed by atoms with van der Waals surface area (Å²) in [7, 11) is 0. The third-order valence-electron chi connectivity index (χ3n) is 4.27. The van der Waals surface area contributed by atoms with Crippen LogP contribution in [0.15, 0.2) is 65.0 Å². The molecule has 26 heavy (non-hydrogen) atoms. The molecule has 0 aliphatic carbocycles. The van der Waals surface area contributed by atoms with Gasteiger partial charge in [0.1, 0.15) is 11.9 Å². The van der Waals surface area contributed by atoms with Crippen LogP contribution in [-0.4, -0.2) is 24.7 Å². The zero-order valence-corrected chi connectivity index (χ0v) is 19.4. The Morgan fingerprint density at radius 3 is 2.69 bits per heavy atom. The average molecular weight is 591 g/mol. The van der Waals surface area contributed by atoms with Gasteiger partial charge in [-0.25, -0.2) is 4.99 Å². The Labute approximate surface area is 181 Å². The Balaban J connectivity index is 0.000000948. The van der Waals surface area contributed by atoms with Gasteiger partial charge in [0.2, 0.25) is 5.90 Å². The van der Waals surface area contributed by atoms with Crippen molar-refractivity contribution in [3.63, 3.8) is 0 Å². The van der Waals surface area contributed by atoms with Gasteiger partial charge >= 0.3 is 0 Å². The normalized spacial score (nSPS) is 18.7. The smallest absolute Gasteiger partial charge is 0.216 e. The fraction of sp³-hybridized carbons (Fsp3) is 0.250. The largest absolute Gasteiger partial charge is 0.493 e. The Morgan fingerprint density at radius 2 is 1.88 bits per heavy atom. The molecule has 0 bridgehead atoms. The summed E-state index contributed by atoms with van der Waals surface area (Å²) in [5.74, 6) is 1.70. The molecule has 3 nitrogen and oxygen atoms in total. The number of benzene rings is 2. The Kier molecular flexibility index (Phi) is 7.56. The van der Waals surface area contributed by atoms with E-state index in [4.69, 9.17) is 14.5 Å². The van der Waals surface area contributed by atoms with Crippen LogP contribution in [0.3, 0.4) is 0 Å². The lowest BCUT2D eigenvalue weighted by Crippen LogP contribution is -2.21. The molecule has 0 fully saturated rings. The predicted octanol–water partition coefficient (Wildman–Crippen LogP) is 6.68. The van der Waals surface area contributed by atoms with Crippen molar-refractivity contribution in [1.82, 2.24) is 0 Å². The molecule has 3 aromatic rings. The van der Waals surface area contributed by atoms with Crippen LogP contribution in [0, 0.1) is 0 Å².